The maximum Gasteiger partial charge on any atom is 0.419 e. The van der Waals surface area contributed by atoms with Gasteiger partial charge in [0.05, 0.1) is 12.0 Å². The van der Waals surface area contributed by atoms with Crippen molar-refractivity contribution in [1.82, 2.24) is 0 Å². The lowest BCUT2D eigenvalue weighted by molar-refractivity contribution is -0.139. The molecule has 7 heteroatoms. The van der Waals surface area contributed by atoms with Gasteiger partial charge in [0.2, 0.25) is 0 Å². The Morgan fingerprint density at radius 2 is 1.87 bits per heavy atom. The molecule has 0 fully saturated rings. The Hall–Kier alpha value is -2.54. The minimum atomic E-state index is -4.53. The molecule has 0 amide bonds. The fraction of sp³-hybridized carbons (Fsp3) is 0.188. The van der Waals surface area contributed by atoms with Crippen LogP contribution in [0.2, 0.25) is 0 Å². The molecule has 1 atom stereocenters. The minimum absolute atomic E-state index is 0.153. The molecule has 0 aliphatic heterocycles. The molecule has 0 bridgehead atoms. The van der Waals surface area contributed by atoms with E-state index in [0.717, 1.165) is 6.07 Å². The van der Waals surface area contributed by atoms with E-state index in [-0.39, 0.29) is 17.9 Å². The minimum Gasteiger partial charge on any atom is -0.481 e. The molecule has 3 N–H and O–H groups in total. The molecule has 122 valence electrons. The molecule has 2 rings (SSSR count). The number of carboxylic acids is 1. The first-order valence-corrected chi connectivity index (χ1v) is 6.69. The van der Waals surface area contributed by atoms with E-state index in [4.69, 9.17) is 15.6 Å². The average Bonchev–Trinajstić information content (AvgIpc) is 2.46. The van der Waals surface area contributed by atoms with Crippen LogP contribution in [-0.4, -0.2) is 11.1 Å². The highest BCUT2D eigenvalue weighted by Crippen LogP contribution is 2.38. The summed E-state index contributed by atoms with van der Waals surface area (Å²) in [4.78, 5) is 10.7. The third-order valence-electron chi connectivity index (χ3n) is 3.10. The zero-order valence-electron chi connectivity index (χ0n) is 11.9. The van der Waals surface area contributed by atoms with Crippen molar-refractivity contribution < 1.29 is 27.8 Å². The molecular formula is C16H14F3NO3. The standard InChI is InChI=1S/C16H14F3NO3/c17-16(18,19)12-6-1-2-7-14(12)23-11-5-3-4-10(8-11)13(20)9-15(21)22/h1-8,13H,9,20H2,(H,21,22)/t13-/m0/s1. The van der Waals surface area contributed by atoms with Crippen molar-refractivity contribution in [2.45, 2.75) is 18.6 Å². The van der Waals surface area contributed by atoms with E-state index >= 15 is 0 Å². The van der Waals surface area contributed by atoms with Crippen LogP contribution in [0.5, 0.6) is 11.5 Å². The zero-order valence-corrected chi connectivity index (χ0v) is 11.9. The van der Waals surface area contributed by atoms with E-state index in [2.05, 4.69) is 0 Å². The average molecular weight is 325 g/mol. The van der Waals surface area contributed by atoms with Gasteiger partial charge in [-0.15, -0.1) is 0 Å². The molecule has 2 aromatic rings. The molecule has 0 aliphatic rings. The smallest absolute Gasteiger partial charge is 0.419 e. The second-order valence-corrected chi connectivity index (χ2v) is 4.87. The lowest BCUT2D eigenvalue weighted by atomic mass is 10.0. The summed E-state index contributed by atoms with van der Waals surface area (Å²) in [7, 11) is 0. The highest BCUT2D eigenvalue weighted by molar-refractivity contribution is 5.68. The van der Waals surface area contributed by atoms with Crippen molar-refractivity contribution in [3.8, 4) is 11.5 Å². The van der Waals surface area contributed by atoms with Gasteiger partial charge in [0.25, 0.3) is 0 Å². The summed E-state index contributed by atoms with van der Waals surface area (Å²) in [6.45, 7) is 0. The Labute approximate surface area is 130 Å². The van der Waals surface area contributed by atoms with Crippen LogP contribution in [-0.2, 0) is 11.0 Å². The number of aliphatic carboxylic acids is 1. The zero-order chi connectivity index (χ0) is 17.0. The van der Waals surface area contributed by atoms with Crippen LogP contribution in [0.4, 0.5) is 13.2 Å². The molecular weight excluding hydrogens is 311 g/mol. The molecule has 0 spiro atoms. The molecule has 0 saturated heterocycles. The third kappa shape index (κ3) is 4.46. The van der Waals surface area contributed by atoms with Crippen LogP contribution in [0, 0.1) is 0 Å². The number of hydrogen-bond acceptors (Lipinski definition) is 3. The molecule has 0 unspecified atom stereocenters. The number of hydrogen-bond donors (Lipinski definition) is 2. The van der Waals surface area contributed by atoms with Crippen LogP contribution in [0.15, 0.2) is 48.5 Å². The van der Waals surface area contributed by atoms with Crippen molar-refractivity contribution in [2.24, 2.45) is 5.73 Å². The lowest BCUT2D eigenvalue weighted by Crippen LogP contribution is -2.14. The fourth-order valence-electron chi connectivity index (χ4n) is 2.03. The normalized spacial score (nSPS) is 12.7. The Morgan fingerprint density at radius 1 is 1.17 bits per heavy atom. The number of halogens is 3. The summed E-state index contributed by atoms with van der Waals surface area (Å²) in [6.07, 6.45) is -4.82. The first kappa shape index (κ1) is 16.8. The van der Waals surface area contributed by atoms with Crippen molar-refractivity contribution in [3.05, 3.63) is 59.7 Å². The number of carbonyl (C=O) groups is 1. The summed E-state index contributed by atoms with van der Waals surface area (Å²) in [5, 5.41) is 8.74. The van der Waals surface area contributed by atoms with Crippen LogP contribution in [0.1, 0.15) is 23.6 Å². The fourth-order valence-corrected chi connectivity index (χ4v) is 2.03. The number of ether oxygens (including phenoxy) is 1. The van der Waals surface area contributed by atoms with Gasteiger partial charge in [0.15, 0.2) is 0 Å². The van der Waals surface area contributed by atoms with Crippen molar-refractivity contribution in [1.29, 1.82) is 0 Å². The Kier molecular flexibility index (Phi) is 4.90. The first-order chi connectivity index (χ1) is 10.8. The van der Waals surface area contributed by atoms with Crippen LogP contribution < -0.4 is 10.5 Å². The van der Waals surface area contributed by atoms with Gasteiger partial charge in [-0.3, -0.25) is 4.79 Å². The first-order valence-electron chi connectivity index (χ1n) is 6.69. The van der Waals surface area contributed by atoms with Crippen molar-refractivity contribution in [2.75, 3.05) is 0 Å². The van der Waals surface area contributed by atoms with Crippen molar-refractivity contribution in [3.63, 3.8) is 0 Å². The summed E-state index contributed by atoms with van der Waals surface area (Å²) in [5.74, 6) is -1.24. The SMILES string of the molecule is N[C@@H](CC(=O)O)c1cccc(Oc2ccccc2C(F)(F)F)c1. The molecule has 0 aliphatic carbocycles. The topological polar surface area (TPSA) is 72.6 Å². The number of benzene rings is 2. The van der Waals surface area contributed by atoms with Crippen LogP contribution >= 0.6 is 0 Å². The van der Waals surface area contributed by atoms with Gasteiger partial charge in [-0.1, -0.05) is 24.3 Å². The quantitative estimate of drug-likeness (QED) is 0.872. The number of para-hydroxylation sites is 1. The largest absolute Gasteiger partial charge is 0.481 e. The van der Waals surface area contributed by atoms with E-state index in [1.807, 2.05) is 0 Å². The number of rotatable bonds is 5. The molecule has 4 nitrogen and oxygen atoms in total. The van der Waals surface area contributed by atoms with E-state index < -0.39 is 23.8 Å². The van der Waals surface area contributed by atoms with Gasteiger partial charge in [0.1, 0.15) is 11.5 Å². The van der Waals surface area contributed by atoms with Crippen molar-refractivity contribution >= 4 is 5.97 Å². The predicted molar refractivity (Wildman–Crippen MR) is 77.1 cm³/mol. The second-order valence-electron chi connectivity index (χ2n) is 4.87. The second kappa shape index (κ2) is 6.70. The summed E-state index contributed by atoms with van der Waals surface area (Å²) in [6, 6.07) is 10.1. The van der Waals surface area contributed by atoms with E-state index in [9.17, 15) is 18.0 Å². The molecule has 2 aromatic carbocycles. The maximum atomic E-state index is 12.9. The maximum absolute atomic E-state index is 12.9. The summed E-state index contributed by atoms with van der Waals surface area (Å²) >= 11 is 0. The lowest BCUT2D eigenvalue weighted by Gasteiger charge is -2.15. The molecule has 23 heavy (non-hydrogen) atoms. The predicted octanol–water partition coefficient (Wildman–Crippen LogP) is 3.97. The van der Waals surface area contributed by atoms with Gasteiger partial charge in [0, 0.05) is 6.04 Å². The third-order valence-corrected chi connectivity index (χ3v) is 3.10. The van der Waals surface area contributed by atoms with Gasteiger partial charge in [-0.05, 0) is 29.8 Å². The highest BCUT2D eigenvalue weighted by Gasteiger charge is 2.34. The Morgan fingerprint density at radius 3 is 2.52 bits per heavy atom. The van der Waals surface area contributed by atoms with Gasteiger partial charge < -0.3 is 15.6 Å². The highest BCUT2D eigenvalue weighted by atomic mass is 19.4. The van der Waals surface area contributed by atoms with Crippen LogP contribution in [0.25, 0.3) is 0 Å². The number of nitrogens with two attached hydrogens (primary N) is 1. The van der Waals surface area contributed by atoms with E-state index in [1.54, 1.807) is 12.1 Å². The molecule has 0 aromatic heterocycles. The number of alkyl halides is 3. The summed E-state index contributed by atoms with van der Waals surface area (Å²) in [5.41, 5.74) is 5.32. The molecule has 0 radical (unpaired) electrons. The van der Waals surface area contributed by atoms with Crippen LogP contribution in [0.3, 0.4) is 0 Å². The monoisotopic (exact) mass is 325 g/mol. The summed E-state index contributed by atoms with van der Waals surface area (Å²) < 4.78 is 44.1. The molecule has 0 saturated carbocycles. The molecule has 0 heterocycles. The van der Waals surface area contributed by atoms with Gasteiger partial charge in [-0.25, -0.2) is 0 Å². The van der Waals surface area contributed by atoms with E-state index in [0.29, 0.717) is 5.56 Å². The van der Waals surface area contributed by atoms with Gasteiger partial charge in [-0.2, -0.15) is 13.2 Å². The van der Waals surface area contributed by atoms with Gasteiger partial charge >= 0.3 is 12.1 Å². The Balaban J connectivity index is 2.27. The Bertz CT molecular complexity index is 701. The number of carboxylic acid groups (broad SMARTS) is 1. The van der Waals surface area contributed by atoms with E-state index in [1.165, 1.54) is 30.3 Å².